The van der Waals surface area contributed by atoms with Gasteiger partial charge in [-0.25, -0.2) is 0 Å². The van der Waals surface area contributed by atoms with Crippen LogP contribution in [0.25, 0.3) is 0 Å². The molecule has 15 heavy (non-hydrogen) atoms. The number of hydrogen-bond acceptors (Lipinski definition) is 2. The third-order valence-corrected chi connectivity index (χ3v) is 1.99. The van der Waals surface area contributed by atoms with Gasteiger partial charge in [-0.05, 0) is 13.8 Å². The highest BCUT2D eigenvalue weighted by atomic mass is 35.5. The molecule has 0 atom stereocenters. The van der Waals surface area contributed by atoms with Gasteiger partial charge in [-0.15, -0.1) is 0 Å². The molecular formula is C8H8ClF3N2O. The molecule has 0 saturated heterocycles. The average Bonchev–Trinajstić information content (AvgIpc) is 2.44. The second-order valence-corrected chi connectivity index (χ2v) is 3.61. The van der Waals surface area contributed by atoms with E-state index in [0.717, 1.165) is 10.9 Å². The zero-order chi connectivity index (χ0) is 11.8. The molecular weight excluding hydrogens is 233 g/mol. The summed E-state index contributed by atoms with van der Waals surface area (Å²) in [4.78, 5) is 11.0. The lowest BCUT2D eigenvalue weighted by atomic mass is 10.2. The smallest absolute Gasteiger partial charge is 0.282 e. The van der Waals surface area contributed by atoms with E-state index in [1.165, 1.54) is 0 Å². The summed E-state index contributed by atoms with van der Waals surface area (Å²) in [5.41, 5.74) is -0.612. The van der Waals surface area contributed by atoms with E-state index in [9.17, 15) is 18.0 Å². The van der Waals surface area contributed by atoms with Crippen molar-refractivity contribution in [1.29, 1.82) is 0 Å². The van der Waals surface area contributed by atoms with E-state index in [1.54, 1.807) is 13.8 Å². The monoisotopic (exact) mass is 240 g/mol. The van der Waals surface area contributed by atoms with Crippen molar-refractivity contribution in [3.63, 3.8) is 0 Å². The Morgan fingerprint density at radius 2 is 2.07 bits per heavy atom. The van der Waals surface area contributed by atoms with E-state index in [0.29, 0.717) is 0 Å². The fourth-order valence-electron chi connectivity index (χ4n) is 1.08. The van der Waals surface area contributed by atoms with Crippen molar-refractivity contribution in [2.24, 2.45) is 0 Å². The van der Waals surface area contributed by atoms with Crippen LogP contribution in [-0.4, -0.2) is 21.7 Å². The molecule has 1 aromatic heterocycles. The van der Waals surface area contributed by atoms with Gasteiger partial charge in [-0.1, -0.05) is 11.6 Å². The molecule has 3 nitrogen and oxygen atoms in total. The number of Topliss-reactive ketones (excluding diaryl/α,β-unsaturated/α-hetero) is 1. The lowest BCUT2D eigenvalue weighted by Crippen LogP contribution is -2.26. The second kappa shape index (κ2) is 3.84. The van der Waals surface area contributed by atoms with E-state index < -0.39 is 17.7 Å². The quantitative estimate of drug-likeness (QED) is 0.745. The maximum atomic E-state index is 12.2. The highest BCUT2D eigenvalue weighted by Gasteiger charge is 2.42. The lowest BCUT2D eigenvalue weighted by molar-refractivity contribution is -0.0891. The zero-order valence-corrected chi connectivity index (χ0v) is 8.73. The third kappa shape index (κ3) is 2.31. The van der Waals surface area contributed by atoms with Crippen LogP contribution < -0.4 is 0 Å². The normalized spacial score (nSPS) is 12.2. The summed E-state index contributed by atoms with van der Waals surface area (Å²) in [5, 5.41) is 3.33. The first-order valence-electron chi connectivity index (χ1n) is 4.09. The number of alkyl halides is 3. The Hall–Kier alpha value is -1.04. The van der Waals surface area contributed by atoms with Crippen LogP contribution in [0, 0.1) is 0 Å². The largest absolute Gasteiger partial charge is 0.456 e. The number of carbonyl (C=O) groups excluding carboxylic acids is 1. The molecule has 0 aliphatic heterocycles. The predicted molar refractivity (Wildman–Crippen MR) is 48.0 cm³/mol. The minimum atomic E-state index is -4.93. The molecule has 84 valence electrons. The van der Waals surface area contributed by atoms with Crippen molar-refractivity contribution >= 4 is 17.4 Å². The second-order valence-electron chi connectivity index (χ2n) is 3.21. The molecule has 7 heteroatoms. The minimum absolute atomic E-state index is 0.286. The SMILES string of the molecule is CC(C)n1ncc(Cl)c1C(=O)C(F)(F)F. The van der Waals surface area contributed by atoms with Crippen molar-refractivity contribution in [3.05, 3.63) is 16.9 Å². The summed E-state index contributed by atoms with van der Waals surface area (Å²) in [6.07, 6.45) is -3.91. The van der Waals surface area contributed by atoms with Gasteiger partial charge >= 0.3 is 6.18 Å². The topological polar surface area (TPSA) is 34.9 Å². The van der Waals surface area contributed by atoms with Gasteiger partial charge in [-0.2, -0.15) is 18.3 Å². The first kappa shape index (κ1) is 12.0. The number of aromatic nitrogens is 2. The van der Waals surface area contributed by atoms with Gasteiger partial charge in [-0.3, -0.25) is 9.48 Å². The van der Waals surface area contributed by atoms with E-state index in [2.05, 4.69) is 5.10 Å². The Morgan fingerprint density at radius 3 is 2.47 bits per heavy atom. The van der Waals surface area contributed by atoms with Crippen LogP contribution >= 0.6 is 11.6 Å². The van der Waals surface area contributed by atoms with Gasteiger partial charge < -0.3 is 0 Å². The van der Waals surface area contributed by atoms with Crippen molar-refractivity contribution < 1.29 is 18.0 Å². The van der Waals surface area contributed by atoms with E-state index in [4.69, 9.17) is 11.6 Å². The van der Waals surface area contributed by atoms with Crippen LogP contribution in [-0.2, 0) is 0 Å². The van der Waals surface area contributed by atoms with E-state index in [-0.39, 0.29) is 11.1 Å². The summed E-state index contributed by atoms with van der Waals surface area (Å²) in [6, 6.07) is -0.362. The molecule has 1 rings (SSSR count). The summed E-state index contributed by atoms with van der Waals surface area (Å²) >= 11 is 5.49. The molecule has 0 N–H and O–H groups in total. The maximum Gasteiger partial charge on any atom is 0.456 e. The van der Waals surface area contributed by atoms with Crippen molar-refractivity contribution in [2.45, 2.75) is 26.1 Å². The molecule has 0 aromatic carbocycles. The van der Waals surface area contributed by atoms with Crippen LogP contribution in [0.2, 0.25) is 5.02 Å². The number of halogens is 4. The number of rotatable bonds is 2. The van der Waals surface area contributed by atoms with Crippen LogP contribution in [0.4, 0.5) is 13.2 Å². The van der Waals surface area contributed by atoms with Crippen LogP contribution in [0.3, 0.4) is 0 Å². The highest BCUT2D eigenvalue weighted by Crippen LogP contribution is 2.27. The fourth-order valence-corrected chi connectivity index (χ4v) is 1.30. The molecule has 1 aromatic rings. The van der Waals surface area contributed by atoms with Gasteiger partial charge in [0.25, 0.3) is 5.78 Å². The number of nitrogens with zero attached hydrogens (tertiary/aromatic N) is 2. The first-order valence-corrected chi connectivity index (χ1v) is 4.47. The molecule has 0 radical (unpaired) electrons. The highest BCUT2D eigenvalue weighted by molar-refractivity contribution is 6.33. The Bertz CT molecular complexity index is 384. The van der Waals surface area contributed by atoms with Gasteiger partial charge in [0, 0.05) is 6.04 Å². The molecule has 1 heterocycles. The molecule has 0 unspecified atom stereocenters. The van der Waals surface area contributed by atoms with Crippen molar-refractivity contribution in [3.8, 4) is 0 Å². The van der Waals surface area contributed by atoms with Crippen LogP contribution in [0.1, 0.15) is 30.4 Å². The summed E-state index contributed by atoms with van der Waals surface area (Å²) in [5.74, 6) is -1.97. The standard InChI is InChI=1S/C8H8ClF3N2O/c1-4(2)14-6(5(9)3-13-14)7(15)8(10,11)12/h3-4H,1-2H3. The minimum Gasteiger partial charge on any atom is -0.282 e. The molecule has 0 spiro atoms. The third-order valence-electron chi connectivity index (χ3n) is 1.71. The Labute approximate surface area is 88.8 Å². The van der Waals surface area contributed by atoms with Crippen LogP contribution in [0.5, 0.6) is 0 Å². The summed E-state index contributed by atoms with van der Waals surface area (Å²) in [6.45, 7) is 3.22. The number of carbonyl (C=O) groups is 1. The maximum absolute atomic E-state index is 12.2. The van der Waals surface area contributed by atoms with Crippen molar-refractivity contribution in [2.75, 3.05) is 0 Å². The number of ketones is 1. The van der Waals surface area contributed by atoms with Crippen LogP contribution in [0.15, 0.2) is 6.20 Å². The molecule has 0 aliphatic carbocycles. The van der Waals surface area contributed by atoms with Gasteiger partial charge in [0.1, 0.15) is 5.69 Å². The molecule has 0 saturated carbocycles. The average molecular weight is 241 g/mol. The predicted octanol–water partition coefficient (Wildman–Crippen LogP) is 2.86. The Morgan fingerprint density at radius 1 is 1.53 bits per heavy atom. The van der Waals surface area contributed by atoms with Gasteiger partial charge in [0.15, 0.2) is 0 Å². The Balaban J connectivity index is 3.24. The fraction of sp³-hybridized carbons (Fsp3) is 0.500. The summed E-state index contributed by atoms with van der Waals surface area (Å²) < 4.78 is 37.5. The number of hydrogen-bond donors (Lipinski definition) is 0. The van der Waals surface area contributed by atoms with Gasteiger partial charge in [0.05, 0.1) is 11.2 Å². The molecule has 0 amide bonds. The Kier molecular flexibility index (Phi) is 3.08. The van der Waals surface area contributed by atoms with Crippen molar-refractivity contribution in [1.82, 2.24) is 9.78 Å². The first-order chi connectivity index (χ1) is 6.75. The molecule has 0 fully saturated rings. The lowest BCUT2D eigenvalue weighted by Gasteiger charge is -2.11. The zero-order valence-electron chi connectivity index (χ0n) is 7.97. The molecule has 0 aliphatic rings. The summed E-state index contributed by atoms with van der Waals surface area (Å²) in [7, 11) is 0. The molecule has 0 bridgehead atoms. The van der Waals surface area contributed by atoms with Gasteiger partial charge in [0.2, 0.25) is 0 Å². The van der Waals surface area contributed by atoms with E-state index >= 15 is 0 Å². The van der Waals surface area contributed by atoms with E-state index in [1.807, 2.05) is 0 Å².